The lowest BCUT2D eigenvalue weighted by Crippen LogP contribution is -2.60. The van der Waals surface area contributed by atoms with Crippen molar-refractivity contribution in [1.29, 1.82) is 0 Å². The van der Waals surface area contributed by atoms with Crippen LogP contribution in [0, 0.1) is 11.8 Å². The third-order valence-corrected chi connectivity index (χ3v) is 9.09. The number of amides is 2. The van der Waals surface area contributed by atoms with Crippen LogP contribution in [0.1, 0.15) is 42.3 Å². The number of imidazole rings is 1. The van der Waals surface area contributed by atoms with Crippen LogP contribution in [0.25, 0.3) is 10.1 Å². The van der Waals surface area contributed by atoms with Crippen LogP contribution in [0.5, 0.6) is 0 Å². The minimum absolute atomic E-state index is 0.102. The number of piperidine rings is 2. The Labute approximate surface area is 215 Å². The van der Waals surface area contributed by atoms with Gasteiger partial charge in [0.1, 0.15) is 0 Å². The van der Waals surface area contributed by atoms with E-state index >= 15 is 0 Å². The number of nitrogens with zero attached hydrogens (tertiary/aromatic N) is 4. The Morgan fingerprint density at radius 3 is 2.43 bits per heavy atom. The van der Waals surface area contributed by atoms with Gasteiger partial charge in [-0.25, -0.2) is 4.98 Å². The molecule has 2 aliphatic heterocycles. The molecule has 7 nitrogen and oxygen atoms in total. The Bertz CT molecular complexity index is 1200. The van der Waals surface area contributed by atoms with Gasteiger partial charge in [-0.1, -0.05) is 17.7 Å². The summed E-state index contributed by atoms with van der Waals surface area (Å²) in [5.74, 6) is 1.04. The summed E-state index contributed by atoms with van der Waals surface area (Å²) in [5.41, 5.74) is -1.26. The first-order valence-corrected chi connectivity index (χ1v) is 13.5. The molecule has 1 atom stereocenters. The quantitative estimate of drug-likeness (QED) is 0.547. The van der Waals surface area contributed by atoms with Crippen LogP contribution in [0.3, 0.4) is 0 Å². The predicted molar refractivity (Wildman–Crippen MR) is 140 cm³/mol. The van der Waals surface area contributed by atoms with Crippen molar-refractivity contribution in [2.75, 3.05) is 33.2 Å². The molecule has 35 heavy (non-hydrogen) atoms. The first kappa shape index (κ1) is 24.3. The summed E-state index contributed by atoms with van der Waals surface area (Å²) in [7, 11) is 2.19. The molecular formula is C26H32ClN5O2S. The third kappa shape index (κ3) is 4.97. The van der Waals surface area contributed by atoms with E-state index in [-0.39, 0.29) is 11.8 Å². The summed E-state index contributed by atoms with van der Waals surface area (Å²) in [4.78, 5) is 36.2. The molecule has 2 fully saturated rings. The highest BCUT2D eigenvalue weighted by Gasteiger charge is 2.42. The van der Waals surface area contributed by atoms with Gasteiger partial charge >= 0.3 is 0 Å². The van der Waals surface area contributed by atoms with E-state index in [9.17, 15) is 9.59 Å². The number of carbonyl (C=O) groups is 2. The molecule has 2 amide bonds. The van der Waals surface area contributed by atoms with E-state index in [1.165, 1.54) is 37.3 Å². The number of hydrogen-bond acceptors (Lipinski definition) is 5. The van der Waals surface area contributed by atoms with E-state index in [1.54, 1.807) is 30.2 Å². The van der Waals surface area contributed by atoms with Crippen LogP contribution in [0.2, 0.25) is 5.02 Å². The van der Waals surface area contributed by atoms with E-state index in [2.05, 4.69) is 22.2 Å². The highest BCUT2D eigenvalue weighted by molar-refractivity contribution is 7.20. The van der Waals surface area contributed by atoms with Gasteiger partial charge in [0.15, 0.2) is 5.66 Å². The van der Waals surface area contributed by atoms with Crippen molar-refractivity contribution < 1.29 is 9.59 Å². The number of fused-ring (bicyclic) bond motifs is 1. The second-order valence-corrected chi connectivity index (χ2v) is 11.6. The average molecular weight is 514 g/mol. The number of carbonyl (C=O) groups excluding carboxylic acids is 2. The minimum atomic E-state index is -1.26. The number of rotatable bonds is 5. The first-order chi connectivity index (χ1) is 16.8. The molecule has 0 saturated carbocycles. The fourth-order valence-electron chi connectivity index (χ4n) is 5.53. The summed E-state index contributed by atoms with van der Waals surface area (Å²) in [5, 5.41) is 4.62. The van der Waals surface area contributed by atoms with Crippen molar-refractivity contribution in [2.24, 2.45) is 11.8 Å². The van der Waals surface area contributed by atoms with Gasteiger partial charge in [-0.05, 0) is 88.2 Å². The second-order valence-electron chi connectivity index (χ2n) is 10.1. The van der Waals surface area contributed by atoms with Gasteiger partial charge in [0.25, 0.3) is 11.8 Å². The van der Waals surface area contributed by atoms with Crippen LogP contribution in [-0.4, -0.2) is 64.4 Å². The normalized spacial score (nSPS) is 20.1. The molecule has 5 rings (SSSR count). The smallest absolute Gasteiger partial charge is 0.269 e. The summed E-state index contributed by atoms with van der Waals surface area (Å²) in [6, 6.07) is 7.41. The lowest BCUT2D eigenvalue weighted by Gasteiger charge is -2.42. The summed E-state index contributed by atoms with van der Waals surface area (Å²) >= 11 is 7.49. The van der Waals surface area contributed by atoms with Crippen molar-refractivity contribution in [3.8, 4) is 0 Å². The topological polar surface area (TPSA) is 70.5 Å². The van der Waals surface area contributed by atoms with E-state index in [4.69, 9.17) is 11.6 Å². The fraction of sp³-hybridized carbons (Fsp3) is 0.500. The monoisotopic (exact) mass is 513 g/mol. The molecule has 2 saturated heterocycles. The van der Waals surface area contributed by atoms with E-state index in [1.807, 2.05) is 29.2 Å². The van der Waals surface area contributed by atoms with Crippen LogP contribution < -0.4 is 5.32 Å². The van der Waals surface area contributed by atoms with Crippen molar-refractivity contribution in [2.45, 2.75) is 38.3 Å². The number of halogens is 1. The largest absolute Gasteiger partial charge is 0.339 e. The van der Waals surface area contributed by atoms with Crippen LogP contribution in [0.4, 0.5) is 0 Å². The lowest BCUT2D eigenvalue weighted by atomic mass is 9.79. The van der Waals surface area contributed by atoms with E-state index in [0.717, 1.165) is 41.9 Å². The molecular weight excluding hydrogens is 482 g/mol. The number of thiophene rings is 1. The van der Waals surface area contributed by atoms with Crippen molar-refractivity contribution in [1.82, 2.24) is 24.7 Å². The van der Waals surface area contributed by atoms with Gasteiger partial charge in [0.05, 0.1) is 11.2 Å². The Morgan fingerprint density at radius 2 is 1.77 bits per heavy atom. The van der Waals surface area contributed by atoms with Crippen molar-refractivity contribution >= 4 is 44.8 Å². The van der Waals surface area contributed by atoms with Gasteiger partial charge in [-0.15, -0.1) is 11.3 Å². The minimum Gasteiger partial charge on any atom is -0.339 e. The molecule has 0 radical (unpaired) electrons. The SMILES string of the molecule is CN1CCC(C2CCN(C(=O)[C@@](C)(NC(=O)c3cc4ccc(Cl)cc4s3)n3ccnc3)CC2)CC1. The average Bonchev–Trinajstić information content (AvgIpc) is 3.55. The molecule has 1 aromatic carbocycles. The number of aromatic nitrogens is 2. The molecule has 0 aliphatic carbocycles. The van der Waals surface area contributed by atoms with Gasteiger partial charge in [-0.2, -0.15) is 0 Å². The van der Waals surface area contributed by atoms with Gasteiger partial charge in [0.2, 0.25) is 0 Å². The summed E-state index contributed by atoms with van der Waals surface area (Å²) in [6.07, 6.45) is 9.49. The van der Waals surface area contributed by atoms with Crippen LogP contribution in [-0.2, 0) is 10.5 Å². The highest BCUT2D eigenvalue weighted by atomic mass is 35.5. The van der Waals surface area contributed by atoms with Crippen LogP contribution >= 0.6 is 22.9 Å². The second kappa shape index (κ2) is 9.91. The molecule has 0 spiro atoms. The zero-order valence-electron chi connectivity index (χ0n) is 20.2. The molecule has 1 N–H and O–H groups in total. The first-order valence-electron chi connectivity index (χ1n) is 12.3. The number of likely N-dealkylation sites (tertiary alicyclic amines) is 2. The van der Waals surface area contributed by atoms with Gasteiger partial charge < -0.3 is 19.7 Å². The number of nitrogens with one attached hydrogen (secondary N) is 1. The van der Waals surface area contributed by atoms with E-state index in [0.29, 0.717) is 15.8 Å². The molecule has 3 aromatic rings. The summed E-state index contributed by atoms with van der Waals surface area (Å²) in [6.45, 7) is 5.54. The maximum Gasteiger partial charge on any atom is 0.269 e. The molecule has 0 unspecified atom stereocenters. The molecule has 9 heteroatoms. The lowest BCUT2D eigenvalue weighted by molar-refractivity contribution is -0.143. The number of hydrogen-bond donors (Lipinski definition) is 1. The summed E-state index contributed by atoms with van der Waals surface area (Å²) < 4.78 is 2.63. The maximum atomic E-state index is 13.9. The Kier molecular flexibility index (Phi) is 6.88. The van der Waals surface area contributed by atoms with Crippen molar-refractivity contribution in [3.05, 3.63) is 52.9 Å². The Hall–Kier alpha value is -2.42. The Balaban J connectivity index is 1.31. The third-order valence-electron chi connectivity index (χ3n) is 7.76. The number of benzene rings is 1. The predicted octanol–water partition coefficient (Wildman–Crippen LogP) is 4.43. The zero-order chi connectivity index (χ0) is 24.6. The highest BCUT2D eigenvalue weighted by Crippen LogP contribution is 2.34. The molecule has 0 bridgehead atoms. The van der Waals surface area contributed by atoms with Gasteiger partial charge in [-0.3, -0.25) is 9.59 Å². The van der Waals surface area contributed by atoms with Crippen LogP contribution in [0.15, 0.2) is 43.0 Å². The van der Waals surface area contributed by atoms with E-state index < -0.39 is 5.66 Å². The van der Waals surface area contributed by atoms with Crippen molar-refractivity contribution in [3.63, 3.8) is 0 Å². The Morgan fingerprint density at radius 1 is 1.09 bits per heavy atom. The molecule has 2 aromatic heterocycles. The molecule has 186 valence electrons. The standard InChI is InChI=1S/C26H32ClN5O2S/c1-26(32-14-9-28-17-32,29-24(33)23-15-20-3-4-21(27)16-22(20)35-23)25(34)31-12-7-19(8-13-31)18-5-10-30(2)11-6-18/h3-4,9,14-19H,5-8,10-13H2,1-2H3,(H,29,33)/t26-/m0/s1. The molecule has 2 aliphatic rings. The van der Waals surface area contributed by atoms with Gasteiger partial charge in [0, 0.05) is 35.2 Å². The fourth-order valence-corrected chi connectivity index (χ4v) is 6.77. The zero-order valence-corrected chi connectivity index (χ0v) is 21.8. The molecule has 4 heterocycles. The maximum absolute atomic E-state index is 13.9.